The van der Waals surface area contributed by atoms with Gasteiger partial charge in [-0.05, 0) is 45.7 Å². The topological polar surface area (TPSA) is 20.7 Å². The first kappa shape index (κ1) is 12.1. The Kier molecular flexibility index (Phi) is 3.09. The smallest absolute Gasteiger partial charge is 0.178 e. The van der Waals surface area contributed by atoms with Crippen molar-refractivity contribution in [1.29, 1.82) is 0 Å². The van der Waals surface area contributed by atoms with Gasteiger partial charge in [0.25, 0.3) is 0 Å². The quantitative estimate of drug-likeness (QED) is 0.669. The molecule has 1 N–H and O–H groups in total. The fraction of sp³-hybridized carbons (Fsp3) is 0.0833. The molecule has 0 saturated carbocycles. The van der Waals surface area contributed by atoms with E-state index in [1.54, 1.807) is 17.4 Å². The lowest BCUT2D eigenvalue weighted by Gasteiger charge is -2.03. The molecule has 0 radical (unpaired) electrons. The van der Waals surface area contributed by atoms with E-state index in [1.165, 1.54) is 10.9 Å². The van der Waals surface area contributed by atoms with Crippen molar-refractivity contribution in [2.24, 2.45) is 0 Å². The summed E-state index contributed by atoms with van der Waals surface area (Å²) in [5.41, 5.74) is 1.62. The summed E-state index contributed by atoms with van der Waals surface area (Å²) in [7, 11) is 0. The van der Waals surface area contributed by atoms with Gasteiger partial charge in [-0.1, -0.05) is 6.07 Å². The van der Waals surface area contributed by atoms with E-state index in [9.17, 15) is 4.39 Å². The van der Waals surface area contributed by atoms with Gasteiger partial charge in [-0.15, -0.1) is 11.3 Å². The summed E-state index contributed by atoms with van der Waals surface area (Å²) in [6.07, 6.45) is 0. The Morgan fingerprint density at radius 1 is 1.44 bits per heavy atom. The van der Waals surface area contributed by atoms with Gasteiger partial charge in [-0.3, -0.25) is 0 Å². The van der Waals surface area contributed by atoms with E-state index < -0.39 is 0 Å². The standard InChI is InChI=1S/C12H8BrFN2S2/c13-8-4-10-11(5-9(8)14)16(12(17)15-10)6-7-2-1-3-18-7/h1-5H,6H2,(H,15,17). The Balaban J connectivity index is 2.19. The first-order valence-corrected chi connectivity index (χ1v) is 7.33. The van der Waals surface area contributed by atoms with Gasteiger partial charge >= 0.3 is 0 Å². The summed E-state index contributed by atoms with van der Waals surface area (Å²) in [4.78, 5) is 4.28. The van der Waals surface area contributed by atoms with Crippen LogP contribution in [0.3, 0.4) is 0 Å². The first-order chi connectivity index (χ1) is 8.65. The summed E-state index contributed by atoms with van der Waals surface area (Å²) in [6.45, 7) is 0.664. The Bertz CT molecular complexity index is 758. The zero-order chi connectivity index (χ0) is 12.7. The molecule has 0 aliphatic rings. The summed E-state index contributed by atoms with van der Waals surface area (Å²) in [6, 6.07) is 7.25. The molecule has 2 nitrogen and oxygen atoms in total. The maximum atomic E-state index is 13.6. The van der Waals surface area contributed by atoms with Crippen molar-refractivity contribution in [3.05, 3.63) is 49.6 Å². The lowest BCUT2D eigenvalue weighted by Crippen LogP contribution is -1.97. The minimum Gasteiger partial charge on any atom is -0.331 e. The van der Waals surface area contributed by atoms with Crippen LogP contribution in [-0.2, 0) is 6.54 Å². The molecule has 0 amide bonds. The maximum absolute atomic E-state index is 13.6. The van der Waals surface area contributed by atoms with Crippen LogP contribution in [-0.4, -0.2) is 9.55 Å². The summed E-state index contributed by atoms with van der Waals surface area (Å²) in [5.74, 6) is -0.281. The van der Waals surface area contributed by atoms with Crippen molar-refractivity contribution in [3.63, 3.8) is 0 Å². The third-order valence-electron chi connectivity index (χ3n) is 2.71. The molecule has 0 fully saturated rings. The van der Waals surface area contributed by atoms with Gasteiger partial charge in [0.2, 0.25) is 0 Å². The van der Waals surface area contributed by atoms with Gasteiger partial charge in [-0.25, -0.2) is 4.39 Å². The number of halogens is 2. The number of benzene rings is 1. The second kappa shape index (κ2) is 4.60. The number of thiophene rings is 1. The van der Waals surface area contributed by atoms with E-state index in [4.69, 9.17) is 12.2 Å². The number of nitrogens with one attached hydrogen (secondary N) is 1. The van der Waals surface area contributed by atoms with Crippen LogP contribution in [0.5, 0.6) is 0 Å². The van der Waals surface area contributed by atoms with Crippen molar-refractivity contribution in [2.75, 3.05) is 0 Å². The molecular weight excluding hydrogens is 335 g/mol. The third kappa shape index (κ3) is 2.04. The molecule has 0 bridgehead atoms. The average Bonchev–Trinajstić information content (AvgIpc) is 2.92. The number of hydrogen-bond donors (Lipinski definition) is 1. The van der Waals surface area contributed by atoms with E-state index in [-0.39, 0.29) is 5.82 Å². The second-order valence-electron chi connectivity index (χ2n) is 3.88. The van der Waals surface area contributed by atoms with Crippen LogP contribution in [0.2, 0.25) is 0 Å². The first-order valence-electron chi connectivity index (χ1n) is 5.25. The van der Waals surface area contributed by atoms with Gasteiger partial charge in [0.1, 0.15) is 5.82 Å². The molecule has 6 heteroatoms. The van der Waals surface area contributed by atoms with Gasteiger partial charge in [-0.2, -0.15) is 0 Å². The largest absolute Gasteiger partial charge is 0.331 e. The Labute approximate surface area is 120 Å². The van der Waals surface area contributed by atoms with Crippen molar-refractivity contribution >= 4 is 50.5 Å². The maximum Gasteiger partial charge on any atom is 0.178 e. The molecule has 0 unspecified atom stereocenters. The number of imidazole rings is 1. The van der Waals surface area contributed by atoms with E-state index in [0.717, 1.165) is 11.0 Å². The molecule has 0 aliphatic heterocycles. The van der Waals surface area contributed by atoms with Crippen molar-refractivity contribution in [1.82, 2.24) is 9.55 Å². The molecule has 0 saturated heterocycles. The molecule has 2 heterocycles. The van der Waals surface area contributed by atoms with Gasteiger partial charge in [0, 0.05) is 10.9 Å². The highest BCUT2D eigenvalue weighted by Crippen LogP contribution is 2.24. The lowest BCUT2D eigenvalue weighted by atomic mass is 10.3. The molecule has 0 spiro atoms. The van der Waals surface area contributed by atoms with Gasteiger partial charge in [0.15, 0.2) is 4.77 Å². The highest BCUT2D eigenvalue weighted by atomic mass is 79.9. The van der Waals surface area contributed by atoms with Gasteiger partial charge in [0.05, 0.1) is 22.1 Å². The zero-order valence-electron chi connectivity index (χ0n) is 9.11. The highest BCUT2D eigenvalue weighted by molar-refractivity contribution is 9.10. The normalized spacial score (nSPS) is 11.2. The summed E-state index contributed by atoms with van der Waals surface area (Å²) < 4.78 is 16.6. The number of hydrogen-bond acceptors (Lipinski definition) is 2. The molecule has 92 valence electrons. The van der Waals surface area contributed by atoms with Crippen molar-refractivity contribution < 1.29 is 4.39 Å². The fourth-order valence-electron chi connectivity index (χ4n) is 1.87. The number of rotatable bonds is 2. The number of H-pyrrole nitrogens is 1. The van der Waals surface area contributed by atoms with Crippen LogP contribution < -0.4 is 0 Å². The molecular formula is C12H8BrFN2S2. The number of aromatic nitrogens is 2. The molecule has 3 rings (SSSR count). The molecule has 0 aliphatic carbocycles. The van der Waals surface area contributed by atoms with Crippen LogP contribution in [0.4, 0.5) is 4.39 Å². The molecule has 2 aromatic heterocycles. The van der Waals surface area contributed by atoms with Gasteiger partial charge < -0.3 is 9.55 Å². The Morgan fingerprint density at radius 2 is 2.28 bits per heavy atom. The molecule has 0 atom stereocenters. The van der Waals surface area contributed by atoms with E-state index >= 15 is 0 Å². The molecule has 3 aromatic rings. The SMILES string of the molecule is Fc1cc2c(cc1Br)[nH]c(=S)n2Cc1cccs1. The van der Waals surface area contributed by atoms with Crippen LogP contribution in [0, 0.1) is 10.6 Å². The predicted molar refractivity (Wildman–Crippen MR) is 78.2 cm³/mol. The van der Waals surface area contributed by atoms with Crippen molar-refractivity contribution in [2.45, 2.75) is 6.54 Å². The number of fused-ring (bicyclic) bond motifs is 1. The van der Waals surface area contributed by atoms with Crippen LogP contribution in [0.1, 0.15) is 4.88 Å². The van der Waals surface area contributed by atoms with E-state index in [2.05, 4.69) is 20.9 Å². The fourth-order valence-corrected chi connectivity index (χ4v) is 3.18. The number of nitrogens with zero attached hydrogens (tertiary/aromatic N) is 1. The third-order valence-corrected chi connectivity index (χ3v) is 4.50. The van der Waals surface area contributed by atoms with Crippen LogP contribution >= 0.6 is 39.5 Å². The average molecular weight is 343 g/mol. The Hall–Kier alpha value is -0.980. The zero-order valence-corrected chi connectivity index (χ0v) is 12.3. The summed E-state index contributed by atoms with van der Waals surface area (Å²) in [5, 5.41) is 2.02. The van der Waals surface area contributed by atoms with Crippen molar-refractivity contribution in [3.8, 4) is 0 Å². The summed E-state index contributed by atoms with van der Waals surface area (Å²) >= 11 is 10.1. The molecule has 1 aromatic carbocycles. The second-order valence-corrected chi connectivity index (χ2v) is 6.15. The lowest BCUT2D eigenvalue weighted by molar-refractivity contribution is 0.622. The predicted octanol–water partition coefficient (Wildman–Crippen LogP) is 4.71. The Morgan fingerprint density at radius 3 is 3.00 bits per heavy atom. The van der Waals surface area contributed by atoms with Crippen LogP contribution in [0.25, 0.3) is 11.0 Å². The minimum atomic E-state index is -0.281. The monoisotopic (exact) mass is 342 g/mol. The highest BCUT2D eigenvalue weighted by Gasteiger charge is 2.09. The molecule has 18 heavy (non-hydrogen) atoms. The van der Waals surface area contributed by atoms with E-state index in [1.807, 2.05) is 22.1 Å². The van der Waals surface area contributed by atoms with E-state index in [0.29, 0.717) is 15.8 Å². The number of aromatic amines is 1. The van der Waals surface area contributed by atoms with Crippen LogP contribution in [0.15, 0.2) is 34.1 Å². The minimum absolute atomic E-state index is 0.281.